The Bertz CT molecular complexity index is 802. The number of nitrogens with one attached hydrogen (secondary N) is 2. The van der Waals surface area contributed by atoms with Crippen LogP contribution >= 0.6 is 11.3 Å². The van der Waals surface area contributed by atoms with E-state index >= 15 is 0 Å². The van der Waals surface area contributed by atoms with Crippen molar-refractivity contribution in [2.75, 3.05) is 12.3 Å². The Morgan fingerprint density at radius 1 is 1.38 bits per heavy atom. The molecule has 106 valence electrons. The molecule has 6 heteroatoms. The van der Waals surface area contributed by atoms with Crippen molar-refractivity contribution in [1.29, 1.82) is 0 Å². The van der Waals surface area contributed by atoms with Gasteiger partial charge in [0.2, 0.25) is 5.78 Å². The van der Waals surface area contributed by atoms with Gasteiger partial charge in [0, 0.05) is 23.9 Å². The minimum atomic E-state index is -0.350. The topological polar surface area (TPSA) is 83.8 Å². The number of carbonyl (C=O) groups excluding carboxylic acids is 1. The number of aromatic amines is 1. The van der Waals surface area contributed by atoms with Crippen molar-refractivity contribution in [1.82, 2.24) is 15.3 Å². The van der Waals surface area contributed by atoms with Gasteiger partial charge in [0.15, 0.2) is 5.13 Å². The molecule has 1 atom stereocenters. The maximum absolute atomic E-state index is 12.8. The summed E-state index contributed by atoms with van der Waals surface area (Å²) in [6.45, 7) is 0.743. The molecule has 1 aromatic carbocycles. The zero-order chi connectivity index (χ0) is 14.4. The number of para-hydroxylation sites is 1. The summed E-state index contributed by atoms with van der Waals surface area (Å²) >= 11 is 1.40. The minimum absolute atomic E-state index is 0.0378. The van der Waals surface area contributed by atoms with E-state index in [1.54, 1.807) is 0 Å². The Balaban J connectivity index is 1.75. The smallest absolute Gasteiger partial charge is 0.201 e. The fourth-order valence-electron chi connectivity index (χ4n) is 2.79. The van der Waals surface area contributed by atoms with Gasteiger partial charge in [-0.2, -0.15) is 0 Å². The average molecular weight is 298 g/mol. The largest absolute Gasteiger partial charge is 0.375 e. The maximum Gasteiger partial charge on any atom is 0.201 e. The van der Waals surface area contributed by atoms with Gasteiger partial charge >= 0.3 is 0 Å². The Labute approximate surface area is 125 Å². The number of H-pyrrole nitrogens is 1. The number of nitrogens with two attached hydrogens (primary N) is 1. The molecule has 2 aromatic heterocycles. The number of aromatic nitrogens is 2. The van der Waals surface area contributed by atoms with Gasteiger partial charge in [-0.25, -0.2) is 4.98 Å². The highest BCUT2D eigenvalue weighted by atomic mass is 32.1. The van der Waals surface area contributed by atoms with Crippen LogP contribution < -0.4 is 11.1 Å². The summed E-state index contributed by atoms with van der Waals surface area (Å²) in [5.41, 5.74) is 8.32. The van der Waals surface area contributed by atoms with Crippen LogP contribution in [0.2, 0.25) is 0 Å². The monoisotopic (exact) mass is 298 g/mol. The van der Waals surface area contributed by atoms with Gasteiger partial charge in [0.05, 0.1) is 16.3 Å². The first-order chi connectivity index (χ1) is 10.2. The summed E-state index contributed by atoms with van der Waals surface area (Å²) in [7, 11) is 0. The highest BCUT2D eigenvalue weighted by molar-refractivity contribution is 7.15. The van der Waals surface area contributed by atoms with Crippen LogP contribution in [0.5, 0.6) is 0 Å². The molecule has 0 aliphatic carbocycles. The highest BCUT2D eigenvalue weighted by Gasteiger charge is 2.30. The molecule has 0 bridgehead atoms. The van der Waals surface area contributed by atoms with Crippen molar-refractivity contribution >= 4 is 33.2 Å². The van der Waals surface area contributed by atoms with E-state index in [0.29, 0.717) is 10.8 Å². The van der Waals surface area contributed by atoms with E-state index in [2.05, 4.69) is 15.3 Å². The van der Waals surface area contributed by atoms with Gasteiger partial charge in [-0.3, -0.25) is 4.79 Å². The molecule has 4 rings (SSSR count). The second-order valence-corrected chi connectivity index (χ2v) is 6.20. The molecule has 0 fully saturated rings. The van der Waals surface area contributed by atoms with Gasteiger partial charge in [-0.15, -0.1) is 0 Å². The molecule has 3 aromatic rings. The fourth-order valence-corrected chi connectivity index (χ4v) is 3.74. The van der Waals surface area contributed by atoms with Crippen LogP contribution in [0.1, 0.15) is 27.1 Å². The second-order valence-electron chi connectivity index (χ2n) is 5.13. The van der Waals surface area contributed by atoms with Gasteiger partial charge in [-0.1, -0.05) is 29.5 Å². The Hall–Kier alpha value is -2.18. The van der Waals surface area contributed by atoms with Crippen molar-refractivity contribution in [3.8, 4) is 0 Å². The minimum Gasteiger partial charge on any atom is -0.375 e. The first kappa shape index (κ1) is 12.6. The van der Waals surface area contributed by atoms with E-state index in [-0.39, 0.29) is 11.8 Å². The number of Topliss-reactive ketones (excluding diaryl/α,β-unsaturated/α-hetero) is 1. The third kappa shape index (κ3) is 2.03. The molecule has 0 radical (unpaired) electrons. The van der Waals surface area contributed by atoms with Crippen LogP contribution in [0.3, 0.4) is 0 Å². The lowest BCUT2D eigenvalue weighted by atomic mass is 10.0. The fraction of sp³-hybridized carbons (Fsp3) is 0.200. The third-order valence-corrected chi connectivity index (χ3v) is 4.77. The van der Waals surface area contributed by atoms with Crippen molar-refractivity contribution in [3.05, 3.63) is 46.6 Å². The van der Waals surface area contributed by atoms with Crippen molar-refractivity contribution in [2.45, 2.75) is 12.5 Å². The number of thiazole rings is 1. The summed E-state index contributed by atoms with van der Waals surface area (Å²) in [5, 5.41) is 4.84. The molecule has 0 amide bonds. The molecule has 1 unspecified atom stereocenters. The van der Waals surface area contributed by atoms with Crippen molar-refractivity contribution < 1.29 is 4.79 Å². The lowest BCUT2D eigenvalue weighted by molar-refractivity contribution is 0.0937. The molecule has 0 saturated carbocycles. The first-order valence-electron chi connectivity index (χ1n) is 6.83. The molecule has 0 saturated heterocycles. The summed E-state index contributed by atoms with van der Waals surface area (Å²) in [4.78, 5) is 21.2. The number of rotatable bonds is 2. The van der Waals surface area contributed by atoms with Crippen molar-refractivity contribution in [3.63, 3.8) is 0 Å². The highest BCUT2D eigenvalue weighted by Crippen LogP contribution is 2.32. The number of carbonyl (C=O) groups is 1. The van der Waals surface area contributed by atoms with Crippen LogP contribution in [0.25, 0.3) is 10.9 Å². The number of nitrogen functional groups attached to an aromatic ring is 1. The number of nitrogens with zero attached hydrogens (tertiary/aromatic N) is 1. The molecular formula is C15H14N4OS. The molecular weight excluding hydrogens is 284 g/mol. The number of benzene rings is 1. The summed E-state index contributed by atoms with van der Waals surface area (Å²) < 4.78 is 0. The quantitative estimate of drug-likeness (QED) is 0.634. The lowest BCUT2D eigenvalue weighted by Gasteiger charge is -2.21. The van der Waals surface area contributed by atoms with E-state index in [4.69, 9.17) is 5.73 Å². The molecule has 3 heterocycles. The normalized spacial score (nSPS) is 17.8. The van der Waals surface area contributed by atoms with Gasteiger partial charge < -0.3 is 16.0 Å². The zero-order valence-corrected chi connectivity index (χ0v) is 12.0. The van der Waals surface area contributed by atoms with Crippen molar-refractivity contribution in [2.24, 2.45) is 0 Å². The molecule has 1 aliphatic heterocycles. The average Bonchev–Trinajstić information content (AvgIpc) is 3.07. The number of hydrogen-bond donors (Lipinski definition) is 3. The summed E-state index contributed by atoms with van der Waals surface area (Å²) in [6.07, 6.45) is 0.819. The van der Waals surface area contributed by atoms with Crippen LogP contribution in [0, 0.1) is 0 Å². The predicted molar refractivity (Wildman–Crippen MR) is 83.6 cm³/mol. The lowest BCUT2D eigenvalue weighted by Crippen LogP contribution is -2.34. The summed E-state index contributed by atoms with van der Waals surface area (Å²) in [5.74, 6) is 0.0378. The van der Waals surface area contributed by atoms with E-state index < -0.39 is 0 Å². The number of hydrogen-bond acceptors (Lipinski definition) is 5. The Morgan fingerprint density at radius 3 is 3.10 bits per heavy atom. The Morgan fingerprint density at radius 2 is 2.24 bits per heavy atom. The second kappa shape index (κ2) is 4.68. The maximum atomic E-state index is 12.8. The van der Waals surface area contributed by atoms with Gasteiger partial charge in [0.25, 0.3) is 0 Å². The Kier molecular flexibility index (Phi) is 2.80. The molecule has 21 heavy (non-hydrogen) atoms. The first-order valence-corrected chi connectivity index (χ1v) is 7.64. The predicted octanol–water partition coefficient (Wildman–Crippen LogP) is 2.28. The van der Waals surface area contributed by atoms with Crippen LogP contribution in [-0.4, -0.2) is 22.3 Å². The zero-order valence-electron chi connectivity index (χ0n) is 11.2. The van der Waals surface area contributed by atoms with E-state index in [0.717, 1.165) is 34.4 Å². The molecule has 0 spiro atoms. The van der Waals surface area contributed by atoms with E-state index in [1.165, 1.54) is 11.3 Å². The van der Waals surface area contributed by atoms with E-state index in [9.17, 15) is 4.79 Å². The number of ketones is 1. The van der Waals surface area contributed by atoms with Gasteiger partial charge in [-0.05, 0) is 12.1 Å². The van der Waals surface area contributed by atoms with Crippen LogP contribution in [0.15, 0.2) is 30.3 Å². The standard InChI is InChI=1S/C15H14N4OS/c16-15-19-10-5-6-17-12(14(10)21-15)13(20)11-7-8-3-1-2-4-9(8)18-11/h1-4,7,12,17-18H,5-6H2,(H2,16,19). The van der Waals surface area contributed by atoms with E-state index in [1.807, 2.05) is 30.3 Å². The van der Waals surface area contributed by atoms with Crippen LogP contribution in [0.4, 0.5) is 5.13 Å². The molecule has 4 N–H and O–H groups in total. The third-order valence-electron chi connectivity index (χ3n) is 3.77. The number of fused-ring (bicyclic) bond motifs is 2. The number of anilines is 1. The molecule has 1 aliphatic rings. The van der Waals surface area contributed by atoms with Gasteiger partial charge in [0.1, 0.15) is 6.04 Å². The van der Waals surface area contributed by atoms with Crippen LogP contribution in [-0.2, 0) is 6.42 Å². The SMILES string of the molecule is Nc1nc2c(s1)C(C(=O)c1cc3ccccc3[nH]1)NCC2. The molecule has 5 nitrogen and oxygen atoms in total. The summed E-state index contributed by atoms with van der Waals surface area (Å²) in [6, 6.07) is 9.43.